The number of hydrazone groups is 1. The van der Waals surface area contributed by atoms with Crippen molar-refractivity contribution in [1.29, 1.82) is 0 Å². The number of carbonyl (C=O) groups excluding carboxylic acids is 3. The van der Waals surface area contributed by atoms with Crippen LogP contribution in [0.3, 0.4) is 0 Å². The monoisotopic (exact) mass is 346 g/mol. The van der Waals surface area contributed by atoms with Crippen LogP contribution >= 0.6 is 0 Å². The predicted molar refractivity (Wildman–Crippen MR) is 84.7 cm³/mol. The third kappa shape index (κ3) is 2.33. The molecule has 0 bridgehead atoms. The van der Waals surface area contributed by atoms with Crippen LogP contribution in [0, 0.1) is 16.0 Å². The van der Waals surface area contributed by atoms with Crippen LogP contribution in [0.25, 0.3) is 0 Å². The maximum absolute atomic E-state index is 12.8. The van der Waals surface area contributed by atoms with E-state index in [1.165, 1.54) is 31.2 Å². The third-order valence-corrected chi connectivity index (χ3v) is 4.18. The van der Waals surface area contributed by atoms with Gasteiger partial charge in [0.1, 0.15) is 11.5 Å². The topological polar surface area (TPSA) is 131 Å². The second-order valence-electron chi connectivity index (χ2n) is 5.72. The summed E-state index contributed by atoms with van der Waals surface area (Å²) in [7, 11) is 0. The van der Waals surface area contributed by atoms with E-state index >= 15 is 0 Å². The van der Waals surface area contributed by atoms with Crippen LogP contribution in [-0.2, 0) is 19.1 Å². The highest BCUT2D eigenvalue weighted by molar-refractivity contribution is 6.47. The molecule has 10 heteroatoms. The second kappa shape index (κ2) is 5.65. The number of non-ortho nitro benzene ring substituents is 1. The Bertz CT molecular complexity index is 818. The van der Waals surface area contributed by atoms with Gasteiger partial charge in [-0.05, 0) is 26.0 Å². The van der Waals surface area contributed by atoms with Crippen LogP contribution in [-0.4, -0.2) is 40.6 Å². The minimum Gasteiger partial charge on any atom is -0.461 e. The summed E-state index contributed by atoms with van der Waals surface area (Å²) in [6.07, 6.45) is 0. The lowest BCUT2D eigenvalue weighted by Crippen LogP contribution is -2.48. The highest BCUT2D eigenvalue weighted by Gasteiger charge is 2.63. The van der Waals surface area contributed by atoms with Crippen LogP contribution in [0.1, 0.15) is 13.8 Å². The summed E-state index contributed by atoms with van der Waals surface area (Å²) in [6, 6.07) is 5.00. The van der Waals surface area contributed by atoms with Crippen molar-refractivity contribution in [2.24, 2.45) is 11.0 Å². The summed E-state index contributed by atoms with van der Waals surface area (Å²) in [6.45, 7) is 3.19. The number of anilines is 1. The average Bonchev–Trinajstić information content (AvgIpc) is 3.02. The molecule has 1 saturated heterocycles. The van der Waals surface area contributed by atoms with Gasteiger partial charge < -0.3 is 4.74 Å². The smallest absolute Gasteiger partial charge is 0.355 e. The number of esters is 1. The summed E-state index contributed by atoms with van der Waals surface area (Å²) < 4.78 is 4.88. The van der Waals surface area contributed by atoms with Gasteiger partial charge in [0.25, 0.3) is 11.6 Å². The maximum Gasteiger partial charge on any atom is 0.355 e. The molecule has 1 N–H and O–H groups in total. The van der Waals surface area contributed by atoms with E-state index in [1.807, 2.05) is 0 Å². The van der Waals surface area contributed by atoms with Crippen molar-refractivity contribution >= 4 is 34.9 Å². The molecule has 10 nitrogen and oxygen atoms in total. The number of ether oxygens (including phenoxy) is 1. The summed E-state index contributed by atoms with van der Waals surface area (Å²) in [5.74, 6) is -3.12. The first kappa shape index (κ1) is 16.6. The van der Waals surface area contributed by atoms with Crippen molar-refractivity contribution < 1.29 is 24.0 Å². The van der Waals surface area contributed by atoms with Gasteiger partial charge in [0.05, 0.1) is 17.2 Å². The molecule has 130 valence electrons. The number of carbonyl (C=O) groups is 3. The number of nitro benzene ring substituents is 1. The first-order valence-corrected chi connectivity index (χ1v) is 7.46. The number of nitro groups is 1. The molecule has 0 radical (unpaired) electrons. The summed E-state index contributed by atoms with van der Waals surface area (Å²) in [5, 5.41) is 14.5. The van der Waals surface area contributed by atoms with Crippen molar-refractivity contribution in [1.82, 2.24) is 5.43 Å². The SMILES string of the molecule is CCOC(=O)C1=NN[C@]2(C)C(=O)N(c3ccc([N+](=O)[O-])cc3)C(=O)[C@H]12. The molecule has 0 aliphatic carbocycles. The number of rotatable bonds is 4. The van der Waals surface area contributed by atoms with Gasteiger partial charge in [0.2, 0.25) is 5.91 Å². The molecule has 0 unspecified atom stereocenters. The molecule has 25 heavy (non-hydrogen) atoms. The van der Waals surface area contributed by atoms with Crippen LogP contribution < -0.4 is 10.3 Å². The molecule has 2 heterocycles. The fourth-order valence-electron chi connectivity index (χ4n) is 2.91. The van der Waals surface area contributed by atoms with Gasteiger partial charge >= 0.3 is 5.97 Å². The van der Waals surface area contributed by atoms with Crippen LogP contribution in [0.2, 0.25) is 0 Å². The van der Waals surface area contributed by atoms with Gasteiger partial charge in [-0.1, -0.05) is 0 Å². The van der Waals surface area contributed by atoms with Gasteiger partial charge in [-0.25, -0.2) is 9.69 Å². The molecule has 1 aromatic rings. The first-order valence-electron chi connectivity index (χ1n) is 7.46. The van der Waals surface area contributed by atoms with E-state index in [0.29, 0.717) is 0 Å². The fourth-order valence-corrected chi connectivity index (χ4v) is 2.91. The van der Waals surface area contributed by atoms with Crippen LogP contribution in [0.15, 0.2) is 29.4 Å². The minimum atomic E-state index is -1.40. The molecule has 2 aliphatic heterocycles. The number of hydrogen-bond donors (Lipinski definition) is 1. The van der Waals surface area contributed by atoms with Gasteiger partial charge in [-0.2, -0.15) is 5.10 Å². The van der Waals surface area contributed by atoms with Gasteiger partial charge in [-0.15, -0.1) is 0 Å². The molecule has 2 atom stereocenters. The van der Waals surface area contributed by atoms with Crippen molar-refractivity contribution in [3.05, 3.63) is 34.4 Å². The Morgan fingerprint density at radius 3 is 2.60 bits per heavy atom. The molecular formula is C15H14N4O6. The fraction of sp³-hybridized carbons (Fsp3) is 0.333. The van der Waals surface area contributed by atoms with Crippen molar-refractivity contribution in [3.63, 3.8) is 0 Å². The number of benzene rings is 1. The normalized spacial score (nSPS) is 24.6. The van der Waals surface area contributed by atoms with E-state index in [9.17, 15) is 24.5 Å². The number of amides is 2. The first-order chi connectivity index (χ1) is 11.8. The molecular weight excluding hydrogens is 332 g/mol. The Labute approximate surface area is 141 Å². The zero-order valence-electron chi connectivity index (χ0n) is 13.4. The quantitative estimate of drug-likeness (QED) is 0.360. The largest absolute Gasteiger partial charge is 0.461 e. The standard InChI is InChI=1S/C15H14N4O6/c1-3-25-13(21)11-10-12(20)18(14(22)15(10,2)17-16-11)8-4-6-9(7-5-8)19(23)24/h4-7,10,17H,3H2,1-2H3/t10-,15-/m0/s1. The average molecular weight is 346 g/mol. The summed E-state index contributed by atoms with van der Waals surface area (Å²) in [4.78, 5) is 48.6. The zero-order valence-corrected chi connectivity index (χ0v) is 13.4. The van der Waals surface area contributed by atoms with E-state index in [0.717, 1.165) is 4.90 Å². The summed E-state index contributed by atoms with van der Waals surface area (Å²) >= 11 is 0. The van der Waals surface area contributed by atoms with Gasteiger partial charge in [-0.3, -0.25) is 25.1 Å². The molecule has 2 amide bonds. The van der Waals surface area contributed by atoms with E-state index in [1.54, 1.807) is 6.92 Å². The van der Waals surface area contributed by atoms with Crippen molar-refractivity contribution in [2.45, 2.75) is 19.4 Å². The second-order valence-corrected chi connectivity index (χ2v) is 5.72. The van der Waals surface area contributed by atoms with E-state index < -0.39 is 34.2 Å². The number of hydrogen-bond acceptors (Lipinski definition) is 8. The highest BCUT2D eigenvalue weighted by Crippen LogP contribution is 2.38. The van der Waals surface area contributed by atoms with E-state index in [-0.39, 0.29) is 23.7 Å². The molecule has 1 aromatic carbocycles. The molecule has 0 saturated carbocycles. The number of fused-ring (bicyclic) bond motifs is 1. The zero-order chi connectivity index (χ0) is 18.4. The van der Waals surface area contributed by atoms with Gasteiger partial charge in [0, 0.05) is 12.1 Å². The van der Waals surface area contributed by atoms with Crippen molar-refractivity contribution in [3.8, 4) is 0 Å². The predicted octanol–water partition coefficient (Wildman–Crippen LogP) is 0.365. The molecule has 1 fully saturated rings. The van der Waals surface area contributed by atoms with Crippen LogP contribution in [0.5, 0.6) is 0 Å². The Balaban J connectivity index is 1.96. The number of nitrogens with zero attached hydrogens (tertiary/aromatic N) is 3. The summed E-state index contributed by atoms with van der Waals surface area (Å²) in [5.41, 5.74) is 1.01. The van der Waals surface area contributed by atoms with E-state index in [2.05, 4.69) is 10.5 Å². The highest BCUT2D eigenvalue weighted by atomic mass is 16.6. The lowest BCUT2D eigenvalue weighted by Gasteiger charge is -2.20. The van der Waals surface area contributed by atoms with Crippen molar-refractivity contribution in [2.75, 3.05) is 11.5 Å². The van der Waals surface area contributed by atoms with E-state index in [4.69, 9.17) is 4.74 Å². The minimum absolute atomic E-state index is 0.107. The Kier molecular flexibility index (Phi) is 3.74. The Hall–Kier alpha value is -3.30. The number of imide groups is 1. The molecule has 2 aliphatic rings. The Morgan fingerprint density at radius 2 is 2.04 bits per heavy atom. The lowest BCUT2D eigenvalue weighted by atomic mass is 9.86. The van der Waals surface area contributed by atoms with Crippen LogP contribution in [0.4, 0.5) is 11.4 Å². The maximum atomic E-state index is 12.8. The molecule has 3 rings (SSSR count). The lowest BCUT2D eigenvalue weighted by molar-refractivity contribution is -0.384. The molecule has 0 aromatic heterocycles. The third-order valence-electron chi connectivity index (χ3n) is 4.18. The molecule has 0 spiro atoms. The van der Waals surface area contributed by atoms with Gasteiger partial charge in [0.15, 0.2) is 5.71 Å². The Morgan fingerprint density at radius 1 is 1.40 bits per heavy atom. The number of nitrogens with one attached hydrogen (secondary N) is 1.